The predicted molar refractivity (Wildman–Crippen MR) is 134 cm³/mol. The molecule has 0 aliphatic heterocycles. The number of unbranched alkanes of at least 4 members (excludes halogenated alkanes) is 15. The number of carbonyl (C=O) groups is 2. The van der Waals surface area contributed by atoms with Gasteiger partial charge in [0, 0.05) is 0 Å². The molecule has 0 saturated carbocycles. The third-order valence-electron chi connectivity index (χ3n) is 5.74. The van der Waals surface area contributed by atoms with Crippen molar-refractivity contribution in [1.82, 2.24) is 0 Å². The standard InChI is InChI=1S/C26H48O7S.Na/c1-3-5-7-8-9-10-11-12-13-14-15-16-17-18-19-20-22-32-25(27)23-24(34(29,30)31)26(28)33-21-6-4-2;/h6,21,24H,3-5,7-20,22-23H2,1-2H3,(H,29,30,31);/q;+1/p-1/b21-6+;. The third kappa shape index (κ3) is 23.7. The number of ether oxygens (including phenoxy) is 2. The summed E-state index contributed by atoms with van der Waals surface area (Å²) in [6.45, 7) is 4.19. The van der Waals surface area contributed by atoms with Crippen molar-refractivity contribution in [2.45, 2.75) is 135 Å². The van der Waals surface area contributed by atoms with Crippen LogP contribution in [-0.2, 0) is 29.2 Å². The second-order valence-corrected chi connectivity index (χ2v) is 10.5. The van der Waals surface area contributed by atoms with Crippen LogP contribution < -0.4 is 29.6 Å². The van der Waals surface area contributed by atoms with Crippen LogP contribution in [0.3, 0.4) is 0 Å². The minimum absolute atomic E-state index is 0. The van der Waals surface area contributed by atoms with E-state index in [-0.39, 0.29) is 36.2 Å². The van der Waals surface area contributed by atoms with Crippen LogP contribution in [0.1, 0.15) is 129 Å². The van der Waals surface area contributed by atoms with E-state index in [9.17, 15) is 22.6 Å². The van der Waals surface area contributed by atoms with Crippen molar-refractivity contribution in [3.05, 3.63) is 12.3 Å². The van der Waals surface area contributed by atoms with Crippen LogP contribution >= 0.6 is 0 Å². The summed E-state index contributed by atoms with van der Waals surface area (Å²) < 4.78 is 43.5. The molecule has 0 rings (SSSR count). The normalized spacial score (nSPS) is 12.3. The minimum atomic E-state index is -5.02. The van der Waals surface area contributed by atoms with Gasteiger partial charge in [0.25, 0.3) is 0 Å². The molecule has 9 heteroatoms. The number of rotatable bonds is 23. The molecule has 0 amide bonds. The van der Waals surface area contributed by atoms with Gasteiger partial charge in [0.1, 0.15) is 10.1 Å². The Morgan fingerprint density at radius 3 is 1.60 bits per heavy atom. The molecule has 0 N–H and O–H groups in total. The van der Waals surface area contributed by atoms with Gasteiger partial charge in [-0.15, -0.1) is 0 Å². The monoisotopic (exact) mass is 526 g/mol. The maximum atomic E-state index is 11.8. The summed E-state index contributed by atoms with van der Waals surface area (Å²) >= 11 is 0. The van der Waals surface area contributed by atoms with Gasteiger partial charge in [-0.25, -0.2) is 8.42 Å². The summed E-state index contributed by atoms with van der Waals surface area (Å²) in [6, 6.07) is 0. The molecular formula is C26H47NaO7S. The third-order valence-corrected chi connectivity index (χ3v) is 6.80. The zero-order chi connectivity index (χ0) is 25.5. The first-order valence-electron chi connectivity index (χ1n) is 13.3. The van der Waals surface area contributed by atoms with Crippen LogP contribution in [0.5, 0.6) is 0 Å². The van der Waals surface area contributed by atoms with Crippen molar-refractivity contribution in [3.8, 4) is 0 Å². The molecule has 0 aliphatic carbocycles. The van der Waals surface area contributed by atoms with E-state index in [4.69, 9.17) is 4.74 Å². The number of hydrogen-bond donors (Lipinski definition) is 0. The molecule has 0 saturated heterocycles. The fraction of sp³-hybridized carbons (Fsp3) is 0.846. The van der Waals surface area contributed by atoms with Crippen LogP contribution in [-0.4, -0.2) is 36.8 Å². The van der Waals surface area contributed by atoms with Crippen molar-refractivity contribution in [3.63, 3.8) is 0 Å². The van der Waals surface area contributed by atoms with E-state index in [0.717, 1.165) is 25.5 Å². The van der Waals surface area contributed by atoms with E-state index >= 15 is 0 Å². The smallest absolute Gasteiger partial charge is 0.747 e. The van der Waals surface area contributed by atoms with Gasteiger partial charge in [-0.2, -0.15) is 0 Å². The van der Waals surface area contributed by atoms with Gasteiger partial charge in [0.2, 0.25) is 0 Å². The zero-order valence-electron chi connectivity index (χ0n) is 22.4. The Bertz CT molecular complexity index is 650. The Morgan fingerprint density at radius 1 is 0.771 bits per heavy atom. The van der Waals surface area contributed by atoms with Gasteiger partial charge < -0.3 is 14.0 Å². The van der Waals surface area contributed by atoms with E-state index in [1.54, 1.807) is 6.92 Å². The Hall–Kier alpha value is -0.410. The topological polar surface area (TPSA) is 110 Å². The van der Waals surface area contributed by atoms with Crippen molar-refractivity contribution in [1.29, 1.82) is 0 Å². The molecule has 1 unspecified atom stereocenters. The first-order chi connectivity index (χ1) is 16.3. The van der Waals surface area contributed by atoms with Gasteiger partial charge in [0.15, 0.2) is 5.25 Å². The van der Waals surface area contributed by atoms with Gasteiger partial charge >= 0.3 is 41.5 Å². The molecule has 0 bridgehead atoms. The number of hydrogen-bond acceptors (Lipinski definition) is 7. The maximum Gasteiger partial charge on any atom is 1.00 e. The van der Waals surface area contributed by atoms with Crippen LogP contribution in [0, 0.1) is 0 Å². The second kappa shape index (κ2) is 25.2. The maximum absolute atomic E-state index is 11.8. The van der Waals surface area contributed by atoms with Gasteiger partial charge in [-0.1, -0.05) is 110 Å². The van der Waals surface area contributed by atoms with Crippen LogP contribution in [0.2, 0.25) is 0 Å². The molecule has 0 radical (unpaired) electrons. The average Bonchev–Trinajstić information content (AvgIpc) is 2.78. The summed E-state index contributed by atoms with van der Waals surface area (Å²) in [5.41, 5.74) is 0. The van der Waals surface area contributed by atoms with Crippen molar-refractivity contribution < 1.29 is 61.6 Å². The fourth-order valence-electron chi connectivity index (χ4n) is 3.64. The van der Waals surface area contributed by atoms with Gasteiger partial charge in [-0.05, 0) is 18.9 Å². The largest absolute Gasteiger partial charge is 1.00 e. The Balaban J connectivity index is 0. The molecule has 0 spiro atoms. The molecule has 0 aliphatic rings. The zero-order valence-corrected chi connectivity index (χ0v) is 25.2. The quantitative estimate of drug-likeness (QED) is 0.0658. The fourth-order valence-corrected chi connectivity index (χ4v) is 4.27. The van der Waals surface area contributed by atoms with Crippen LogP contribution in [0.4, 0.5) is 0 Å². The van der Waals surface area contributed by atoms with E-state index in [2.05, 4.69) is 11.7 Å². The van der Waals surface area contributed by atoms with Crippen LogP contribution in [0.15, 0.2) is 12.3 Å². The summed E-state index contributed by atoms with van der Waals surface area (Å²) in [5.74, 6) is -2.15. The number of esters is 2. The molecule has 200 valence electrons. The molecular weight excluding hydrogens is 479 g/mol. The molecule has 0 aromatic rings. The summed E-state index contributed by atoms with van der Waals surface area (Å²) in [7, 11) is -5.02. The Morgan fingerprint density at radius 2 is 1.20 bits per heavy atom. The number of allylic oxidation sites excluding steroid dienone is 1. The first kappa shape index (κ1) is 36.7. The van der Waals surface area contributed by atoms with Crippen molar-refractivity contribution >= 4 is 22.1 Å². The molecule has 7 nitrogen and oxygen atoms in total. The van der Waals surface area contributed by atoms with Crippen molar-refractivity contribution in [2.24, 2.45) is 0 Å². The summed E-state index contributed by atoms with van der Waals surface area (Å²) in [4.78, 5) is 23.6. The molecule has 35 heavy (non-hydrogen) atoms. The summed E-state index contributed by atoms with van der Waals surface area (Å²) in [6.07, 6.45) is 22.1. The number of carbonyl (C=O) groups excluding carboxylic acids is 2. The molecule has 0 fully saturated rings. The van der Waals surface area contributed by atoms with Gasteiger partial charge in [0.05, 0.1) is 19.3 Å². The second-order valence-electron chi connectivity index (χ2n) is 8.93. The van der Waals surface area contributed by atoms with Crippen molar-refractivity contribution in [2.75, 3.05) is 6.61 Å². The Kier molecular flexibility index (Phi) is 26.5. The minimum Gasteiger partial charge on any atom is -0.747 e. The van der Waals surface area contributed by atoms with Crippen LogP contribution in [0.25, 0.3) is 0 Å². The van der Waals surface area contributed by atoms with E-state index in [0.29, 0.717) is 12.8 Å². The predicted octanol–water partition coefficient (Wildman–Crippen LogP) is 3.57. The van der Waals surface area contributed by atoms with E-state index in [1.165, 1.54) is 83.1 Å². The molecule has 0 aromatic heterocycles. The molecule has 0 heterocycles. The average molecular weight is 527 g/mol. The SMILES string of the molecule is CC/C=C/OC(=O)C(CC(=O)OCCCCCCCCCCCCCCCCCC)S(=O)(=O)[O-].[Na+]. The molecule has 0 aromatic carbocycles. The Labute approximate surface area is 236 Å². The van der Waals surface area contributed by atoms with E-state index < -0.39 is 33.7 Å². The van der Waals surface area contributed by atoms with Gasteiger partial charge in [-0.3, -0.25) is 9.59 Å². The molecule has 1 atom stereocenters. The first-order valence-corrected chi connectivity index (χ1v) is 14.8. The van der Waals surface area contributed by atoms with E-state index in [1.807, 2.05) is 0 Å². The summed E-state index contributed by atoms with van der Waals surface area (Å²) in [5, 5.41) is -2.09.